The lowest BCUT2D eigenvalue weighted by Gasteiger charge is -2.14. The van der Waals surface area contributed by atoms with Gasteiger partial charge in [-0.25, -0.2) is 13.1 Å². The number of H-pyrrole nitrogens is 1. The fraction of sp³-hybridized carbons (Fsp3) is 0.600. The number of aromatic nitrogens is 4. The number of thiol groups is 1. The van der Waals surface area contributed by atoms with Crippen LogP contribution in [0, 0.1) is 0 Å². The van der Waals surface area contributed by atoms with E-state index in [4.69, 9.17) is 0 Å². The Hall–Kier alpha value is -1.41. The Balaban J connectivity index is 2.44. The summed E-state index contributed by atoms with van der Waals surface area (Å²) in [6.45, 7) is 7.92. The fourth-order valence-electron chi connectivity index (χ4n) is 1.66. The highest BCUT2D eigenvalue weighted by Gasteiger charge is 2.21. The molecular formula is C10H17N5O2S. The van der Waals surface area contributed by atoms with Crippen molar-refractivity contribution in [1.29, 1.82) is 0 Å². The molecule has 7 nitrogen and oxygen atoms in total. The van der Waals surface area contributed by atoms with Gasteiger partial charge in [-0.2, -0.15) is 14.7 Å². The summed E-state index contributed by atoms with van der Waals surface area (Å²) >= 11 is 0. The lowest BCUT2D eigenvalue weighted by molar-refractivity contribution is 0.549. The summed E-state index contributed by atoms with van der Waals surface area (Å²) < 4.78 is 25.4. The molecule has 0 saturated heterocycles. The van der Waals surface area contributed by atoms with Crippen LogP contribution in [0.3, 0.4) is 0 Å². The minimum absolute atomic E-state index is 0.0650. The van der Waals surface area contributed by atoms with E-state index in [2.05, 4.69) is 40.8 Å². The summed E-state index contributed by atoms with van der Waals surface area (Å²) in [4.78, 5) is 0. The summed E-state index contributed by atoms with van der Waals surface area (Å²) in [5.74, 6) is 0.541. The largest absolute Gasteiger partial charge is 0.259 e. The average molecular weight is 271 g/mol. The van der Waals surface area contributed by atoms with E-state index in [0.29, 0.717) is 5.82 Å². The first kappa shape index (κ1) is 13.0. The van der Waals surface area contributed by atoms with Crippen LogP contribution >= 0.6 is 0 Å². The van der Waals surface area contributed by atoms with Gasteiger partial charge in [-0.05, 0) is 6.92 Å². The van der Waals surface area contributed by atoms with Crippen LogP contribution in [0.15, 0.2) is 6.07 Å². The van der Waals surface area contributed by atoms with Crippen LogP contribution in [0.2, 0.25) is 0 Å². The molecule has 0 amide bonds. The van der Waals surface area contributed by atoms with Gasteiger partial charge in [0.05, 0.1) is 11.7 Å². The lowest BCUT2D eigenvalue weighted by atomic mass is 9.93. The first-order valence-corrected chi connectivity index (χ1v) is 6.82. The zero-order chi connectivity index (χ0) is 13.5. The Morgan fingerprint density at radius 1 is 1.44 bits per heavy atom. The minimum atomic E-state index is -2.66. The normalized spacial score (nSPS) is 14.5. The predicted octanol–water partition coefficient (Wildman–Crippen LogP) is 0.532. The second kappa shape index (κ2) is 4.36. The molecule has 8 heteroatoms. The molecule has 2 rings (SSSR count). The number of hydrogen-bond donors (Lipinski definition) is 3. The van der Waals surface area contributed by atoms with Crippen LogP contribution in [0.5, 0.6) is 0 Å². The van der Waals surface area contributed by atoms with Gasteiger partial charge in [-0.1, -0.05) is 20.8 Å². The van der Waals surface area contributed by atoms with Crippen molar-refractivity contribution in [1.82, 2.24) is 24.5 Å². The molecule has 1 atom stereocenters. The molecule has 0 fully saturated rings. The Bertz CT molecular complexity index is 626. The minimum Gasteiger partial charge on any atom is -0.259 e. The van der Waals surface area contributed by atoms with Gasteiger partial charge in [-0.15, -0.1) is 0 Å². The molecule has 2 N–H and O–H groups in total. The van der Waals surface area contributed by atoms with Gasteiger partial charge >= 0.3 is 0 Å². The molecule has 0 aliphatic rings. The summed E-state index contributed by atoms with van der Waals surface area (Å²) in [7, 11) is -2.66. The molecule has 0 spiro atoms. The smallest absolute Gasteiger partial charge is 0.202 e. The van der Waals surface area contributed by atoms with Gasteiger partial charge in [0, 0.05) is 11.5 Å². The van der Waals surface area contributed by atoms with Crippen molar-refractivity contribution >= 4 is 16.5 Å². The quantitative estimate of drug-likeness (QED) is 0.710. The molecule has 0 aliphatic carbocycles. The Kier molecular flexibility index (Phi) is 3.16. The number of fused-ring (bicyclic) bond motifs is 1. The van der Waals surface area contributed by atoms with Crippen molar-refractivity contribution in [3.8, 4) is 0 Å². The van der Waals surface area contributed by atoms with E-state index in [0.717, 1.165) is 11.3 Å². The van der Waals surface area contributed by atoms with Crippen LogP contribution in [0.25, 0.3) is 5.65 Å². The van der Waals surface area contributed by atoms with Gasteiger partial charge < -0.3 is 0 Å². The Morgan fingerprint density at radius 2 is 2.11 bits per heavy atom. The van der Waals surface area contributed by atoms with E-state index < -0.39 is 16.9 Å². The third kappa shape index (κ3) is 2.39. The highest BCUT2D eigenvalue weighted by atomic mass is 32.2. The van der Waals surface area contributed by atoms with Crippen molar-refractivity contribution in [2.45, 2.75) is 39.2 Å². The van der Waals surface area contributed by atoms with Crippen molar-refractivity contribution < 1.29 is 8.42 Å². The molecule has 2 heterocycles. The van der Waals surface area contributed by atoms with E-state index in [1.54, 1.807) is 11.4 Å². The molecule has 2 aromatic heterocycles. The summed E-state index contributed by atoms with van der Waals surface area (Å²) in [6.07, 6.45) is 0. The van der Waals surface area contributed by atoms with E-state index >= 15 is 0 Å². The lowest BCUT2D eigenvalue weighted by Crippen LogP contribution is -2.19. The number of hydrogen-bond acceptors (Lipinski definition) is 4. The van der Waals surface area contributed by atoms with Gasteiger partial charge in [0.1, 0.15) is 0 Å². The maximum atomic E-state index is 10.7. The summed E-state index contributed by atoms with van der Waals surface area (Å²) in [5, 5.41) is 11.4. The predicted molar refractivity (Wildman–Crippen MR) is 67.9 cm³/mol. The molecule has 0 saturated carbocycles. The van der Waals surface area contributed by atoms with Gasteiger partial charge in [0.2, 0.25) is 10.9 Å². The summed E-state index contributed by atoms with van der Waals surface area (Å²) in [6, 6.07) is 1.49. The highest BCUT2D eigenvalue weighted by Crippen LogP contribution is 2.22. The second-order valence-corrected chi connectivity index (χ2v) is 6.04. The molecule has 0 radical (unpaired) electrons. The second-order valence-electron chi connectivity index (χ2n) is 5.27. The van der Waals surface area contributed by atoms with Crippen LogP contribution in [0.1, 0.15) is 45.3 Å². The van der Waals surface area contributed by atoms with Gasteiger partial charge in [0.25, 0.3) is 0 Å². The summed E-state index contributed by atoms with van der Waals surface area (Å²) in [5.41, 5.74) is 1.62. The van der Waals surface area contributed by atoms with E-state index in [1.165, 1.54) is 0 Å². The van der Waals surface area contributed by atoms with Crippen molar-refractivity contribution in [2.24, 2.45) is 0 Å². The number of nitrogens with one attached hydrogen (secondary N) is 2. The van der Waals surface area contributed by atoms with E-state index in [1.807, 2.05) is 6.07 Å². The van der Waals surface area contributed by atoms with Crippen molar-refractivity contribution in [2.75, 3.05) is 0 Å². The first-order chi connectivity index (χ1) is 8.29. The monoisotopic (exact) mass is 271 g/mol. The third-order valence-electron chi connectivity index (χ3n) is 2.67. The topological polar surface area (TPSA) is 92.1 Å². The SMILES string of the molecule is CC(N[SH](=O)=O)c1n[nH]c2cc(C(C)(C)C)nn12. The zero-order valence-electron chi connectivity index (χ0n) is 10.8. The maximum absolute atomic E-state index is 10.7. The molecule has 2 aromatic rings. The number of rotatable bonds is 3. The van der Waals surface area contributed by atoms with E-state index in [9.17, 15) is 8.42 Å². The number of nitrogens with zero attached hydrogens (tertiary/aromatic N) is 3. The third-order valence-corrected chi connectivity index (χ3v) is 3.26. The van der Waals surface area contributed by atoms with Crippen LogP contribution in [-0.4, -0.2) is 28.2 Å². The van der Waals surface area contributed by atoms with Crippen molar-refractivity contribution in [3.05, 3.63) is 17.6 Å². The maximum Gasteiger partial charge on any atom is 0.202 e. The average Bonchev–Trinajstić information content (AvgIpc) is 2.71. The molecule has 0 bridgehead atoms. The van der Waals surface area contributed by atoms with Crippen LogP contribution in [0.4, 0.5) is 0 Å². The van der Waals surface area contributed by atoms with Crippen molar-refractivity contribution in [3.63, 3.8) is 0 Å². The Morgan fingerprint density at radius 3 is 2.67 bits per heavy atom. The molecule has 18 heavy (non-hydrogen) atoms. The van der Waals surface area contributed by atoms with Crippen LogP contribution < -0.4 is 4.72 Å². The van der Waals surface area contributed by atoms with Gasteiger partial charge in [0.15, 0.2) is 11.5 Å². The first-order valence-electron chi connectivity index (χ1n) is 5.64. The highest BCUT2D eigenvalue weighted by molar-refractivity contribution is 7.70. The van der Waals surface area contributed by atoms with E-state index in [-0.39, 0.29) is 5.41 Å². The standard InChI is InChI=1S/C10H17N5O2S/c1-6(14-18(16)17)9-12-11-8-5-7(10(2,3)4)13-15(8)9/h5-6,11,18H,1-4H3,(H,14,16,17). The molecule has 100 valence electrons. The molecule has 0 aromatic carbocycles. The Labute approximate surface area is 107 Å². The zero-order valence-corrected chi connectivity index (χ0v) is 11.7. The van der Waals surface area contributed by atoms with Gasteiger partial charge in [-0.3, -0.25) is 5.10 Å². The molecule has 0 aliphatic heterocycles. The molecule has 1 unspecified atom stereocenters. The fourth-order valence-corrected chi connectivity index (χ4v) is 2.09. The number of aromatic amines is 1. The molecular weight excluding hydrogens is 254 g/mol. The van der Waals surface area contributed by atoms with Crippen LogP contribution in [-0.2, 0) is 16.3 Å².